The zero-order valence-electron chi connectivity index (χ0n) is 13.7. The Balaban J connectivity index is 2.06. The molecule has 6 heteroatoms. The molecular weight excluding hydrogens is 282 g/mol. The van der Waals surface area contributed by atoms with Gasteiger partial charge in [-0.3, -0.25) is 9.59 Å². The molecule has 0 unspecified atom stereocenters. The molecule has 1 aliphatic carbocycles. The second-order valence-corrected chi connectivity index (χ2v) is 6.52. The predicted molar refractivity (Wildman–Crippen MR) is 84.0 cm³/mol. The van der Waals surface area contributed by atoms with Crippen molar-refractivity contribution in [2.75, 3.05) is 19.6 Å². The van der Waals surface area contributed by atoms with E-state index in [4.69, 9.17) is 5.73 Å². The number of aliphatic hydroxyl groups is 1. The second-order valence-electron chi connectivity index (χ2n) is 6.52. The lowest BCUT2D eigenvalue weighted by Gasteiger charge is -2.33. The van der Waals surface area contributed by atoms with Crippen LogP contribution in [0.2, 0.25) is 0 Å². The molecule has 1 aliphatic heterocycles. The van der Waals surface area contributed by atoms with Crippen LogP contribution in [0.5, 0.6) is 0 Å². The topological polar surface area (TPSA) is 86.9 Å². The van der Waals surface area contributed by atoms with Gasteiger partial charge in [-0.05, 0) is 46.0 Å². The molecule has 22 heavy (non-hydrogen) atoms. The van der Waals surface area contributed by atoms with Gasteiger partial charge < -0.3 is 20.6 Å². The largest absolute Gasteiger partial charge is 0.393 e. The van der Waals surface area contributed by atoms with Gasteiger partial charge in [-0.15, -0.1) is 0 Å². The highest BCUT2D eigenvalue weighted by Crippen LogP contribution is 2.29. The van der Waals surface area contributed by atoms with Crippen LogP contribution in [0.4, 0.5) is 0 Å². The van der Waals surface area contributed by atoms with Gasteiger partial charge in [-0.25, -0.2) is 0 Å². The van der Waals surface area contributed by atoms with Crippen molar-refractivity contribution in [1.82, 2.24) is 9.80 Å². The molecule has 0 bridgehead atoms. The van der Waals surface area contributed by atoms with Crippen LogP contribution in [0.25, 0.3) is 0 Å². The summed E-state index contributed by atoms with van der Waals surface area (Å²) >= 11 is 0. The molecule has 2 atom stereocenters. The van der Waals surface area contributed by atoms with E-state index < -0.39 is 6.04 Å². The lowest BCUT2D eigenvalue weighted by Crippen LogP contribution is -2.49. The highest BCUT2D eigenvalue weighted by atomic mass is 16.3. The highest BCUT2D eigenvalue weighted by molar-refractivity contribution is 5.89. The number of rotatable bonds is 4. The number of nitrogens with zero attached hydrogens (tertiary/aromatic N) is 2. The molecule has 2 amide bonds. The maximum atomic E-state index is 12.8. The number of nitrogens with two attached hydrogens (primary N) is 1. The maximum absolute atomic E-state index is 12.8. The molecule has 2 aliphatic rings. The van der Waals surface area contributed by atoms with Crippen LogP contribution in [0.3, 0.4) is 0 Å². The Morgan fingerprint density at radius 2 is 1.77 bits per heavy atom. The number of carbonyl (C=O) groups is 2. The van der Waals surface area contributed by atoms with Gasteiger partial charge in [-0.1, -0.05) is 0 Å². The summed E-state index contributed by atoms with van der Waals surface area (Å²) in [6.07, 6.45) is 3.03. The van der Waals surface area contributed by atoms with Gasteiger partial charge in [0.15, 0.2) is 0 Å². The Morgan fingerprint density at radius 3 is 2.32 bits per heavy atom. The molecule has 1 heterocycles. The fourth-order valence-electron chi connectivity index (χ4n) is 3.65. The van der Waals surface area contributed by atoms with Crippen molar-refractivity contribution in [3.05, 3.63) is 0 Å². The number of hydrogen-bond donors (Lipinski definition) is 2. The summed E-state index contributed by atoms with van der Waals surface area (Å²) < 4.78 is 0. The first-order chi connectivity index (χ1) is 10.5. The Hall–Kier alpha value is -1.14. The van der Waals surface area contributed by atoms with Gasteiger partial charge in [0.05, 0.1) is 6.10 Å². The van der Waals surface area contributed by atoms with Crippen LogP contribution in [0.15, 0.2) is 0 Å². The average molecular weight is 311 g/mol. The normalized spacial score (nSPS) is 32.1. The van der Waals surface area contributed by atoms with E-state index in [1.807, 2.05) is 13.8 Å². The molecule has 0 radical (unpaired) electrons. The number of hydrogen-bond acceptors (Lipinski definition) is 4. The fourth-order valence-corrected chi connectivity index (χ4v) is 3.65. The number of likely N-dealkylation sites (tertiary alicyclic amines) is 1. The molecule has 0 aromatic carbocycles. The van der Waals surface area contributed by atoms with E-state index >= 15 is 0 Å². The minimum Gasteiger partial charge on any atom is -0.393 e. The van der Waals surface area contributed by atoms with Crippen molar-refractivity contribution in [2.24, 2.45) is 11.7 Å². The van der Waals surface area contributed by atoms with Crippen molar-refractivity contribution < 1.29 is 14.7 Å². The molecular formula is C16H29N3O3. The van der Waals surface area contributed by atoms with E-state index in [2.05, 4.69) is 0 Å². The van der Waals surface area contributed by atoms with Crippen molar-refractivity contribution in [3.63, 3.8) is 0 Å². The molecule has 0 spiro atoms. The summed E-state index contributed by atoms with van der Waals surface area (Å²) in [6.45, 7) is 5.67. The van der Waals surface area contributed by atoms with Crippen LogP contribution in [0.1, 0.15) is 46.0 Å². The third-order valence-corrected chi connectivity index (χ3v) is 5.02. The summed E-state index contributed by atoms with van der Waals surface area (Å²) in [5.74, 6) is -0.00629. The predicted octanol–water partition coefficient (Wildman–Crippen LogP) is 0.334. The van der Waals surface area contributed by atoms with E-state index in [1.165, 1.54) is 0 Å². The van der Waals surface area contributed by atoms with E-state index in [0.717, 1.165) is 0 Å². The zero-order chi connectivity index (χ0) is 16.3. The number of carbonyl (C=O) groups excluding carboxylic acids is 2. The van der Waals surface area contributed by atoms with E-state index in [9.17, 15) is 14.7 Å². The number of amides is 2. The van der Waals surface area contributed by atoms with Crippen molar-refractivity contribution in [2.45, 2.75) is 64.1 Å². The minimum absolute atomic E-state index is 0.0159. The summed E-state index contributed by atoms with van der Waals surface area (Å²) in [5, 5.41) is 9.59. The number of likely N-dealkylation sites (N-methyl/N-ethyl adjacent to an activating group) is 1. The molecule has 0 aromatic rings. The Bertz CT molecular complexity index is 403. The van der Waals surface area contributed by atoms with Gasteiger partial charge in [0, 0.05) is 31.6 Å². The molecule has 2 fully saturated rings. The number of aliphatic hydroxyl groups excluding tert-OH is 1. The lowest BCUT2D eigenvalue weighted by atomic mass is 9.86. The van der Waals surface area contributed by atoms with Gasteiger partial charge in [0.25, 0.3) is 0 Å². The van der Waals surface area contributed by atoms with Gasteiger partial charge in [0.1, 0.15) is 6.04 Å². The van der Waals surface area contributed by atoms with E-state index in [1.54, 1.807) is 9.80 Å². The standard InChI is InChI=1S/C16H29N3O3/c1-3-18(4-2)16(22)14-9-12(17)10-19(14)15(21)11-5-7-13(20)8-6-11/h11-14,20H,3-10,17H2,1-2H3/t11?,12-,13?,14+/m1/s1. The zero-order valence-corrected chi connectivity index (χ0v) is 13.7. The van der Waals surface area contributed by atoms with Crippen LogP contribution in [0, 0.1) is 5.92 Å². The minimum atomic E-state index is -0.408. The highest BCUT2D eigenvalue weighted by Gasteiger charge is 2.42. The average Bonchev–Trinajstić information content (AvgIpc) is 2.90. The first kappa shape index (κ1) is 17.2. The van der Waals surface area contributed by atoms with Crippen LogP contribution in [-0.2, 0) is 9.59 Å². The van der Waals surface area contributed by atoms with Crippen LogP contribution < -0.4 is 5.73 Å². The van der Waals surface area contributed by atoms with Gasteiger partial charge >= 0.3 is 0 Å². The Labute approximate surface area is 132 Å². The van der Waals surface area contributed by atoms with Crippen LogP contribution >= 0.6 is 0 Å². The van der Waals surface area contributed by atoms with E-state index in [-0.39, 0.29) is 29.9 Å². The monoisotopic (exact) mass is 311 g/mol. The van der Waals surface area contributed by atoms with Crippen molar-refractivity contribution in [1.29, 1.82) is 0 Å². The summed E-state index contributed by atoms with van der Waals surface area (Å²) in [7, 11) is 0. The molecule has 0 aromatic heterocycles. The SMILES string of the molecule is CCN(CC)C(=O)[C@@H]1C[C@@H](N)CN1C(=O)C1CCC(O)CC1. The Morgan fingerprint density at radius 1 is 1.18 bits per heavy atom. The lowest BCUT2D eigenvalue weighted by molar-refractivity contribution is -0.146. The fraction of sp³-hybridized carbons (Fsp3) is 0.875. The molecule has 3 N–H and O–H groups in total. The molecule has 1 saturated carbocycles. The molecule has 2 rings (SSSR count). The molecule has 126 valence electrons. The quantitative estimate of drug-likeness (QED) is 0.783. The van der Waals surface area contributed by atoms with Gasteiger partial charge in [-0.2, -0.15) is 0 Å². The maximum Gasteiger partial charge on any atom is 0.245 e. The smallest absolute Gasteiger partial charge is 0.245 e. The van der Waals surface area contributed by atoms with Crippen molar-refractivity contribution in [3.8, 4) is 0 Å². The summed E-state index contributed by atoms with van der Waals surface area (Å²) in [6, 6.07) is -0.531. The third-order valence-electron chi connectivity index (χ3n) is 5.02. The van der Waals surface area contributed by atoms with Crippen molar-refractivity contribution >= 4 is 11.8 Å². The molecule has 6 nitrogen and oxygen atoms in total. The molecule has 1 saturated heterocycles. The van der Waals surface area contributed by atoms with Crippen LogP contribution in [-0.4, -0.2) is 64.5 Å². The summed E-state index contributed by atoms with van der Waals surface area (Å²) in [4.78, 5) is 28.9. The Kier molecular flexibility index (Phi) is 5.81. The third kappa shape index (κ3) is 3.60. The first-order valence-electron chi connectivity index (χ1n) is 8.50. The second kappa shape index (κ2) is 7.42. The van der Waals surface area contributed by atoms with E-state index in [0.29, 0.717) is 51.7 Å². The van der Waals surface area contributed by atoms with Gasteiger partial charge in [0.2, 0.25) is 11.8 Å². The first-order valence-corrected chi connectivity index (χ1v) is 8.50. The summed E-state index contributed by atoms with van der Waals surface area (Å²) in [5.41, 5.74) is 6.02.